The lowest BCUT2D eigenvalue weighted by Crippen LogP contribution is -2.48. The van der Waals surface area contributed by atoms with E-state index in [4.69, 9.17) is 21.1 Å². The summed E-state index contributed by atoms with van der Waals surface area (Å²) in [6.07, 6.45) is 9.44. The molecular weight excluding hydrogens is 588 g/mol. The molecule has 8 nitrogen and oxygen atoms in total. The fraction of sp³-hybridized carbons (Fsp3) is 0.455. The quantitative estimate of drug-likeness (QED) is 0.236. The molecule has 5 aliphatic rings. The van der Waals surface area contributed by atoms with Crippen LogP contribution in [0.15, 0.2) is 41.3 Å². The molecule has 3 amide bonds. The largest absolute Gasteiger partial charge is 0.493 e. The number of nitrogens with one attached hydrogen (secondary N) is 1. The van der Waals surface area contributed by atoms with Crippen molar-refractivity contribution in [1.29, 1.82) is 0 Å². The van der Waals surface area contributed by atoms with Gasteiger partial charge in [0, 0.05) is 11.3 Å². The van der Waals surface area contributed by atoms with Gasteiger partial charge in [-0.1, -0.05) is 17.7 Å². The summed E-state index contributed by atoms with van der Waals surface area (Å²) >= 11 is 6.93. The number of ether oxygens (including phenoxy) is 2. The van der Waals surface area contributed by atoms with Crippen molar-refractivity contribution in [2.75, 3.05) is 25.1 Å². The van der Waals surface area contributed by atoms with E-state index in [0.717, 1.165) is 40.0 Å². The number of rotatable bonds is 9. The van der Waals surface area contributed by atoms with E-state index in [1.54, 1.807) is 13.0 Å². The van der Waals surface area contributed by atoms with Gasteiger partial charge in [-0.3, -0.25) is 19.3 Å². The number of hydrogen-bond acceptors (Lipinski definition) is 7. The molecule has 0 unspecified atom stereocenters. The molecule has 2 aromatic rings. The Bertz CT molecular complexity index is 1490. The standard InChI is InChI=1S/C33H35ClN2O6S/c1-3-41-27-8-5-23(33-15-19-9-20(16-33)11-21(10-19)17-33)12-22(27)13-28-30(38)36(32(40)43-28)18-29(37)35-24-6-7-26(34)25(14-24)31(39)42-4-2/h5-8,12-14,19-21H,3-4,9-11,15-18H2,1-2H3,(H,35,37)/b28-13+. The highest BCUT2D eigenvalue weighted by atomic mass is 35.5. The molecule has 1 saturated heterocycles. The molecule has 10 heteroatoms. The van der Waals surface area contributed by atoms with Crippen LogP contribution in [0.3, 0.4) is 0 Å². The number of carbonyl (C=O) groups is 4. The molecule has 4 aliphatic carbocycles. The summed E-state index contributed by atoms with van der Waals surface area (Å²) in [7, 11) is 0. The van der Waals surface area contributed by atoms with Gasteiger partial charge in [0.15, 0.2) is 0 Å². The van der Waals surface area contributed by atoms with Crippen LogP contribution in [0.1, 0.15) is 73.9 Å². The molecule has 0 spiro atoms. The zero-order valence-corrected chi connectivity index (χ0v) is 25.9. The average Bonchev–Trinajstić information content (AvgIpc) is 3.21. The summed E-state index contributed by atoms with van der Waals surface area (Å²) in [4.78, 5) is 52.4. The van der Waals surface area contributed by atoms with Crippen LogP contribution < -0.4 is 10.1 Å². The van der Waals surface area contributed by atoms with Crippen LogP contribution in [0.5, 0.6) is 5.75 Å². The minimum Gasteiger partial charge on any atom is -0.493 e. The maximum absolute atomic E-state index is 13.4. The number of benzene rings is 2. The van der Waals surface area contributed by atoms with Crippen LogP contribution in [-0.2, 0) is 19.7 Å². The van der Waals surface area contributed by atoms with Crippen molar-refractivity contribution in [1.82, 2.24) is 4.90 Å². The predicted molar refractivity (Wildman–Crippen MR) is 166 cm³/mol. The van der Waals surface area contributed by atoms with Crippen molar-refractivity contribution in [3.05, 3.63) is 63.0 Å². The molecule has 0 radical (unpaired) electrons. The van der Waals surface area contributed by atoms with Crippen LogP contribution in [0.2, 0.25) is 5.02 Å². The first kappa shape index (κ1) is 29.8. The number of halogens is 1. The summed E-state index contributed by atoms with van der Waals surface area (Å²) in [6.45, 7) is 3.78. The van der Waals surface area contributed by atoms with Gasteiger partial charge in [-0.05, 0) is 129 Å². The zero-order chi connectivity index (χ0) is 30.3. The average molecular weight is 623 g/mol. The van der Waals surface area contributed by atoms with E-state index < -0.39 is 29.6 Å². The molecule has 1 aliphatic heterocycles. The third-order valence-electron chi connectivity index (χ3n) is 9.17. The van der Waals surface area contributed by atoms with Crippen molar-refractivity contribution in [3.8, 4) is 5.75 Å². The third kappa shape index (κ3) is 5.94. The monoisotopic (exact) mass is 622 g/mol. The second-order valence-electron chi connectivity index (χ2n) is 12.1. The molecular formula is C33H35ClN2O6S. The smallest absolute Gasteiger partial charge is 0.339 e. The van der Waals surface area contributed by atoms with Gasteiger partial charge in [0.05, 0.1) is 28.7 Å². The Hall–Kier alpha value is -3.30. The fourth-order valence-electron chi connectivity index (χ4n) is 7.83. The topological polar surface area (TPSA) is 102 Å². The third-order valence-corrected chi connectivity index (χ3v) is 10.4. The molecule has 2 aromatic carbocycles. The van der Waals surface area contributed by atoms with Gasteiger partial charge in [-0.2, -0.15) is 0 Å². The van der Waals surface area contributed by atoms with Gasteiger partial charge in [0.1, 0.15) is 12.3 Å². The Labute approximate surface area is 260 Å². The van der Waals surface area contributed by atoms with E-state index in [9.17, 15) is 19.2 Å². The van der Waals surface area contributed by atoms with Gasteiger partial charge < -0.3 is 14.8 Å². The Balaban J connectivity index is 1.20. The number of esters is 1. The molecule has 0 aromatic heterocycles. The lowest BCUT2D eigenvalue weighted by molar-refractivity contribution is -0.127. The molecule has 1 N–H and O–H groups in total. The number of amides is 3. The summed E-state index contributed by atoms with van der Waals surface area (Å²) in [5, 5.41) is 2.30. The molecule has 1 heterocycles. The molecule has 7 rings (SSSR count). The maximum Gasteiger partial charge on any atom is 0.339 e. The second kappa shape index (κ2) is 12.0. The number of carbonyl (C=O) groups excluding carboxylic acids is 4. The van der Waals surface area contributed by atoms with E-state index in [-0.39, 0.29) is 27.5 Å². The lowest BCUT2D eigenvalue weighted by Gasteiger charge is -2.57. The minimum atomic E-state index is -0.613. The Morgan fingerprint density at radius 1 is 1.02 bits per heavy atom. The van der Waals surface area contributed by atoms with Gasteiger partial charge >= 0.3 is 5.97 Å². The number of hydrogen-bond donors (Lipinski definition) is 1. The molecule has 43 heavy (non-hydrogen) atoms. The van der Waals surface area contributed by atoms with Crippen molar-refractivity contribution >= 4 is 58.1 Å². The minimum absolute atomic E-state index is 0.108. The van der Waals surface area contributed by atoms with Crippen LogP contribution in [-0.4, -0.2) is 47.7 Å². The van der Waals surface area contributed by atoms with Crippen LogP contribution in [0.4, 0.5) is 10.5 Å². The molecule has 4 bridgehead atoms. The van der Waals surface area contributed by atoms with Gasteiger partial charge in [-0.25, -0.2) is 4.79 Å². The highest BCUT2D eigenvalue weighted by molar-refractivity contribution is 8.18. The summed E-state index contributed by atoms with van der Waals surface area (Å²) < 4.78 is 10.9. The van der Waals surface area contributed by atoms with Gasteiger partial charge in [-0.15, -0.1) is 0 Å². The highest BCUT2D eigenvalue weighted by Gasteiger charge is 2.51. The number of imide groups is 1. The van der Waals surface area contributed by atoms with Crippen LogP contribution in [0.25, 0.3) is 6.08 Å². The lowest BCUT2D eigenvalue weighted by atomic mass is 9.48. The van der Waals surface area contributed by atoms with Crippen molar-refractivity contribution < 1.29 is 28.7 Å². The summed E-state index contributed by atoms with van der Waals surface area (Å²) in [5.41, 5.74) is 2.65. The maximum atomic E-state index is 13.4. The number of thioether (sulfide) groups is 1. The Kier molecular flexibility index (Phi) is 8.31. The van der Waals surface area contributed by atoms with Crippen molar-refractivity contribution in [2.45, 2.75) is 57.8 Å². The molecule has 5 fully saturated rings. The number of nitrogens with zero attached hydrogens (tertiary/aromatic N) is 1. The zero-order valence-electron chi connectivity index (χ0n) is 24.3. The van der Waals surface area contributed by atoms with Gasteiger partial charge in [0.2, 0.25) is 5.91 Å². The van der Waals surface area contributed by atoms with Crippen LogP contribution >= 0.6 is 23.4 Å². The second-order valence-corrected chi connectivity index (χ2v) is 13.5. The van der Waals surface area contributed by atoms with Crippen molar-refractivity contribution in [2.24, 2.45) is 17.8 Å². The first-order chi connectivity index (χ1) is 20.7. The predicted octanol–water partition coefficient (Wildman–Crippen LogP) is 7.06. The van der Waals surface area contributed by atoms with Crippen molar-refractivity contribution in [3.63, 3.8) is 0 Å². The summed E-state index contributed by atoms with van der Waals surface area (Å²) in [6, 6.07) is 10.7. The highest BCUT2D eigenvalue weighted by Crippen LogP contribution is 2.61. The molecule has 0 atom stereocenters. The van der Waals surface area contributed by atoms with Crippen LogP contribution in [0, 0.1) is 17.8 Å². The van der Waals surface area contributed by atoms with E-state index in [2.05, 4.69) is 17.4 Å². The Morgan fingerprint density at radius 2 is 1.72 bits per heavy atom. The SMILES string of the molecule is CCOC(=O)c1cc(NC(=O)CN2C(=O)S/C(=C/c3cc(C45CC6CC(CC(C6)C4)C5)ccc3OCC)C2=O)ccc1Cl. The Morgan fingerprint density at radius 3 is 2.37 bits per heavy atom. The fourth-order valence-corrected chi connectivity index (χ4v) is 8.86. The molecule has 4 saturated carbocycles. The van der Waals surface area contributed by atoms with E-state index >= 15 is 0 Å². The number of anilines is 1. The van der Waals surface area contributed by atoms with Gasteiger partial charge in [0.25, 0.3) is 11.1 Å². The van der Waals surface area contributed by atoms with E-state index in [1.165, 1.54) is 62.3 Å². The van der Waals surface area contributed by atoms with E-state index in [0.29, 0.717) is 18.0 Å². The first-order valence-corrected chi connectivity index (χ1v) is 16.2. The van der Waals surface area contributed by atoms with E-state index in [1.807, 2.05) is 13.0 Å². The molecule has 226 valence electrons. The normalized spacial score (nSPS) is 26.7. The first-order valence-electron chi connectivity index (χ1n) is 15.0. The summed E-state index contributed by atoms with van der Waals surface area (Å²) in [5.74, 6) is 1.34.